The summed E-state index contributed by atoms with van der Waals surface area (Å²) in [6.07, 6.45) is 5.15. The summed E-state index contributed by atoms with van der Waals surface area (Å²) >= 11 is 0. The number of hydrogen-bond acceptors (Lipinski definition) is 13. The summed E-state index contributed by atoms with van der Waals surface area (Å²) in [6.45, 7) is 16.9. The highest BCUT2D eigenvalue weighted by molar-refractivity contribution is 6.05. The topological polar surface area (TPSA) is 270 Å². The van der Waals surface area contributed by atoms with Crippen molar-refractivity contribution in [3.05, 3.63) is 88.5 Å². The number of aryl methyl sites for hydroxylation is 4. The maximum atomic E-state index is 13.9. The molecule has 1 atom stereocenters. The van der Waals surface area contributed by atoms with Gasteiger partial charge in [0.25, 0.3) is 11.8 Å². The molecule has 22 heteroatoms. The van der Waals surface area contributed by atoms with E-state index in [1.165, 1.54) is 0 Å². The molecule has 0 radical (unpaired) electrons. The first-order valence-electron chi connectivity index (χ1n) is 24.5. The first-order valence-corrected chi connectivity index (χ1v) is 24.5. The molecule has 1 spiro atoms. The monoisotopic (exact) mass is 988 g/mol. The van der Waals surface area contributed by atoms with E-state index >= 15 is 0 Å². The summed E-state index contributed by atoms with van der Waals surface area (Å²) in [5.41, 5.74) is 15.5. The molecule has 2 aromatic carbocycles. The number of imidazole rings is 2. The SMILES string of the molecule is CCn1nc(C)cc1C(=O)Nc1nc2cc(C(N)=O)ccc2n1C/C=C/Cn1c(NC(=O)c2cc(C)nn2CC)nc2cc(C(N)=O)cc(OCCCN3CC4(C3)CN(C(=O)[C@H](CC(C)C)NC)CCO4)c21. The number of rotatable bonds is 21. The molecule has 0 unspecified atom stereocenters. The number of amides is 5. The fraction of sp³-hybridized carbons (Fsp3) is 0.460. The Kier molecular flexibility index (Phi) is 15.2. The Morgan fingerprint density at radius 2 is 1.40 bits per heavy atom. The van der Waals surface area contributed by atoms with Gasteiger partial charge in [-0.1, -0.05) is 26.0 Å². The third kappa shape index (κ3) is 10.9. The molecule has 0 aliphatic carbocycles. The van der Waals surface area contributed by atoms with Crippen molar-refractivity contribution in [2.75, 3.05) is 63.6 Å². The standard InChI is InChI=1S/C50H65N15O7/c1-8-64-39(22-31(5)58-64)45(68)56-48-54-35-24-33(43(51)66)13-14-38(35)62(48)16-10-11-17-63-42-36(55-49(63)57-46(69)40-23-32(6)59-65(40)9-2)25-34(44(52)67)26-41(42)71-19-12-15-60-27-50(28-60)29-61(18-20-72-50)47(70)37(53-7)21-30(3)4/h10-11,13-14,22-26,30,37,53H,8-9,12,15-21,27-29H2,1-7H3,(H2,51,66)(H2,52,67)(H,54,56,68)(H,55,57,69)/b11-10+/t37-/m0/s1. The van der Waals surface area contributed by atoms with Crippen LogP contribution in [0.4, 0.5) is 11.9 Å². The van der Waals surface area contributed by atoms with E-state index in [4.69, 9.17) is 30.9 Å². The minimum Gasteiger partial charge on any atom is -0.491 e. The van der Waals surface area contributed by atoms with Gasteiger partial charge >= 0.3 is 0 Å². The van der Waals surface area contributed by atoms with Gasteiger partial charge in [0.05, 0.1) is 53.7 Å². The fourth-order valence-electron chi connectivity index (χ4n) is 9.60. The van der Waals surface area contributed by atoms with Gasteiger partial charge < -0.3 is 40.3 Å². The van der Waals surface area contributed by atoms with Crippen molar-refractivity contribution in [1.29, 1.82) is 0 Å². The normalized spacial score (nSPS) is 15.2. The van der Waals surface area contributed by atoms with Gasteiger partial charge in [0.15, 0.2) is 0 Å². The molecule has 2 fully saturated rings. The second-order valence-electron chi connectivity index (χ2n) is 18.9. The number of nitrogens with two attached hydrogens (primary N) is 2. The molecule has 2 aliphatic rings. The van der Waals surface area contributed by atoms with Crippen molar-refractivity contribution in [3.63, 3.8) is 0 Å². The minimum absolute atomic E-state index is 0.112. The lowest BCUT2D eigenvalue weighted by molar-refractivity contribution is -0.190. The number of ether oxygens (including phenoxy) is 2. The third-order valence-electron chi connectivity index (χ3n) is 13.0. The second-order valence-corrected chi connectivity index (χ2v) is 18.9. The Morgan fingerprint density at radius 3 is 2.00 bits per heavy atom. The van der Waals surface area contributed by atoms with Crippen LogP contribution in [0.3, 0.4) is 0 Å². The number of aromatic nitrogens is 8. The maximum absolute atomic E-state index is 13.9. The van der Waals surface area contributed by atoms with Crippen LogP contribution in [-0.4, -0.2) is 143 Å². The Balaban J connectivity index is 1.04. The Bertz CT molecular complexity index is 3050. The summed E-state index contributed by atoms with van der Waals surface area (Å²) < 4.78 is 19.6. The molecule has 4 aromatic heterocycles. The van der Waals surface area contributed by atoms with Gasteiger partial charge in [-0.2, -0.15) is 10.2 Å². The summed E-state index contributed by atoms with van der Waals surface area (Å²) in [5, 5.41) is 18.0. The number of allylic oxidation sites excluding steroid dienone is 2. The molecule has 5 amide bonds. The number of carbonyl (C=O) groups is 5. The molecule has 0 saturated carbocycles. The number of likely N-dealkylation sites (N-methyl/N-ethyl adjacent to an activating group) is 1. The predicted octanol–water partition coefficient (Wildman–Crippen LogP) is 3.71. The van der Waals surface area contributed by atoms with Crippen LogP contribution in [0.5, 0.6) is 5.75 Å². The molecule has 382 valence electrons. The highest BCUT2D eigenvalue weighted by atomic mass is 16.5. The molecule has 6 aromatic rings. The molecule has 2 aliphatic heterocycles. The van der Waals surface area contributed by atoms with E-state index in [9.17, 15) is 24.0 Å². The molecule has 0 bridgehead atoms. The number of hydrogen-bond donors (Lipinski definition) is 5. The van der Waals surface area contributed by atoms with Crippen molar-refractivity contribution in [2.24, 2.45) is 17.4 Å². The number of morpholine rings is 1. The van der Waals surface area contributed by atoms with E-state index in [0.717, 1.165) is 6.42 Å². The zero-order valence-electron chi connectivity index (χ0n) is 42.0. The number of benzene rings is 2. The molecule has 6 heterocycles. The van der Waals surface area contributed by atoms with E-state index in [0.29, 0.717) is 115 Å². The largest absolute Gasteiger partial charge is 0.491 e. The van der Waals surface area contributed by atoms with Crippen LogP contribution >= 0.6 is 0 Å². The van der Waals surface area contributed by atoms with Gasteiger partial charge in [0.1, 0.15) is 28.3 Å². The van der Waals surface area contributed by atoms with Crippen LogP contribution in [0.1, 0.15) is 93.6 Å². The summed E-state index contributed by atoms with van der Waals surface area (Å²) in [7, 11) is 1.83. The van der Waals surface area contributed by atoms with E-state index in [2.05, 4.69) is 44.9 Å². The van der Waals surface area contributed by atoms with Gasteiger partial charge in [-0.3, -0.25) is 48.9 Å². The van der Waals surface area contributed by atoms with Gasteiger partial charge in [0.2, 0.25) is 29.6 Å². The Hall–Kier alpha value is -7.43. The van der Waals surface area contributed by atoms with Crippen molar-refractivity contribution in [1.82, 2.24) is 53.8 Å². The molecule has 22 nitrogen and oxygen atoms in total. The maximum Gasteiger partial charge on any atom is 0.276 e. The average molecular weight is 988 g/mol. The summed E-state index contributed by atoms with van der Waals surface area (Å²) in [5.74, 6) is -0.867. The Morgan fingerprint density at radius 1 is 0.806 bits per heavy atom. The van der Waals surface area contributed by atoms with E-state index in [1.54, 1.807) is 61.0 Å². The fourth-order valence-corrected chi connectivity index (χ4v) is 9.60. The zero-order valence-corrected chi connectivity index (χ0v) is 42.0. The number of fused-ring (bicyclic) bond motifs is 2. The highest BCUT2D eigenvalue weighted by Crippen LogP contribution is 2.33. The first-order chi connectivity index (χ1) is 34.5. The molecule has 7 N–H and O–H groups in total. The van der Waals surface area contributed by atoms with Crippen LogP contribution in [0.25, 0.3) is 22.1 Å². The van der Waals surface area contributed by atoms with Crippen molar-refractivity contribution >= 4 is 63.5 Å². The molecular weight excluding hydrogens is 923 g/mol. The number of nitrogens with one attached hydrogen (secondary N) is 3. The highest BCUT2D eigenvalue weighted by Gasteiger charge is 2.48. The van der Waals surface area contributed by atoms with Gasteiger partial charge in [-0.15, -0.1) is 0 Å². The van der Waals surface area contributed by atoms with Gasteiger partial charge in [0, 0.05) is 63.5 Å². The summed E-state index contributed by atoms with van der Waals surface area (Å²) in [6, 6.07) is 11.2. The molecule has 8 rings (SSSR count). The van der Waals surface area contributed by atoms with Crippen molar-refractivity contribution in [2.45, 2.75) is 92.2 Å². The Labute approximate surface area is 417 Å². The van der Waals surface area contributed by atoms with E-state index < -0.39 is 29.2 Å². The van der Waals surface area contributed by atoms with Crippen LogP contribution < -0.4 is 32.2 Å². The van der Waals surface area contributed by atoms with Gasteiger partial charge in [-0.25, -0.2) is 9.97 Å². The van der Waals surface area contributed by atoms with Crippen LogP contribution in [-0.2, 0) is 35.7 Å². The lowest BCUT2D eigenvalue weighted by atomic mass is 9.91. The minimum atomic E-state index is -0.673. The molecule has 72 heavy (non-hydrogen) atoms. The lowest BCUT2D eigenvalue weighted by Gasteiger charge is -2.54. The van der Waals surface area contributed by atoms with E-state index in [1.807, 2.05) is 51.8 Å². The zero-order chi connectivity index (χ0) is 51.4. The quantitative estimate of drug-likeness (QED) is 0.0509. The van der Waals surface area contributed by atoms with Crippen LogP contribution in [0.2, 0.25) is 0 Å². The van der Waals surface area contributed by atoms with Gasteiger partial charge in [-0.05, 0) is 96.0 Å². The number of anilines is 2. The third-order valence-corrected chi connectivity index (χ3v) is 13.0. The van der Waals surface area contributed by atoms with E-state index in [-0.39, 0.29) is 54.7 Å². The summed E-state index contributed by atoms with van der Waals surface area (Å²) in [4.78, 5) is 79.6. The second kappa shape index (κ2) is 21.5. The van der Waals surface area contributed by atoms with Crippen LogP contribution in [0.15, 0.2) is 54.6 Å². The number of likely N-dealkylation sites (tertiary alicyclic amines) is 1. The predicted molar refractivity (Wildman–Crippen MR) is 271 cm³/mol. The molecule has 2 saturated heterocycles. The molecular formula is C50H65N15O7. The number of nitrogens with zero attached hydrogens (tertiary/aromatic N) is 10. The average Bonchev–Trinajstić information content (AvgIpc) is 4.11. The smallest absolute Gasteiger partial charge is 0.276 e. The van der Waals surface area contributed by atoms with Crippen molar-refractivity contribution in [3.8, 4) is 5.75 Å². The van der Waals surface area contributed by atoms with Crippen molar-refractivity contribution < 1.29 is 33.4 Å². The number of primary amides is 2. The number of carbonyl (C=O) groups excluding carboxylic acids is 5. The van der Waals surface area contributed by atoms with Crippen LogP contribution in [0, 0.1) is 19.8 Å². The lowest BCUT2D eigenvalue weighted by Crippen LogP contribution is -2.71. The first kappa shape index (κ1) is 50.9.